The Bertz CT molecular complexity index is 1230. The summed E-state index contributed by atoms with van der Waals surface area (Å²) >= 11 is 14.5. The number of carbonyl (C=O) groups excluding carboxylic acids is 1. The molecule has 1 aromatic heterocycles. The molecule has 0 saturated carbocycles. The van der Waals surface area contributed by atoms with Gasteiger partial charge in [0.1, 0.15) is 11.6 Å². The minimum absolute atomic E-state index is 0.171. The fourth-order valence-electron chi connectivity index (χ4n) is 3.13. The zero-order valence-corrected chi connectivity index (χ0v) is 25.2. The first-order valence-corrected chi connectivity index (χ1v) is 14.3. The molecule has 0 fully saturated rings. The molecule has 5 rings (SSSR count). The summed E-state index contributed by atoms with van der Waals surface area (Å²) in [4.78, 5) is 16.2. The minimum atomic E-state index is 0.171. The number of nitrogens with two attached hydrogens (primary N) is 1. The second-order valence-electron chi connectivity index (χ2n) is 8.53. The lowest BCUT2D eigenvalue weighted by Gasteiger charge is -2.09. The zero-order valence-electron chi connectivity index (χ0n) is 22.1. The van der Waals surface area contributed by atoms with Gasteiger partial charge >= 0.3 is 6.01 Å². The number of carbonyl (C=O) groups is 1. The Balaban J connectivity index is 0.000000218. The molecule has 0 bridgehead atoms. The maximum absolute atomic E-state index is 9.77. The average molecular weight is 652 g/mol. The van der Waals surface area contributed by atoms with Gasteiger partial charge < -0.3 is 25.7 Å². The van der Waals surface area contributed by atoms with Gasteiger partial charge in [-0.25, -0.2) is 0 Å². The van der Waals surface area contributed by atoms with Crippen molar-refractivity contribution >= 4 is 56.8 Å². The number of nitrogens with one attached hydrogen (secondary N) is 1. The van der Waals surface area contributed by atoms with Gasteiger partial charge in [-0.2, -0.15) is 4.98 Å². The van der Waals surface area contributed by atoms with Crippen LogP contribution in [0.1, 0.15) is 23.9 Å². The van der Waals surface area contributed by atoms with Crippen molar-refractivity contribution < 1.29 is 14.5 Å². The van der Waals surface area contributed by atoms with Crippen molar-refractivity contribution in [1.29, 1.82) is 0 Å². The summed E-state index contributed by atoms with van der Waals surface area (Å²) in [6.07, 6.45) is 9.52. The molecular weight excluding hydrogens is 619 g/mol. The van der Waals surface area contributed by atoms with E-state index in [1.54, 1.807) is 12.1 Å². The number of alkyl halides is 1. The minimum Gasteiger partial charge on any atom is -0.409 e. The van der Waals surface area contributed by atoms with E-state index in [1.807, 2.05) is 41.3 Å². The molecule has 214 valence electrons. The second-order valence-corrected chi connectivity index (χ2v) is 9.97. The van der Waals surface area contributed by atoms with Crippen molar-refractivity contribution in [1.82, 2.24) is 15.5 Å². The molecule has 0 amide bonds. The third-order valence-corrected chi connectivity index (χ3v) is 6.42. The van der Waals surface area contributed by atoms with Crippen molar-refractivity contribution in [3.8, 4) is 0 Å². The highest BCUT2D eigenvalue weighted by Crippen LogP contribution is 2.17. The molecule has 40 heavy (non-hydrogen) atoms. The van der Waals surface area contributed by atoms with E-state index >= 15 is 0 Å². The summed E-state index contributed by atoms with van der Waals surface area (Å²) in [5, 5.41) is 20.1. The molecule has 0 saturated heterocycles. The molecule has 0 atom stereocenters. The first kappa shape index (κ1) is 33.0. The van der Waals surface area contributed by atoms with Crippen LogP contribution in [0.25, 0.3) is 0 Å². The Morgan fingerprint density at radius 2 is 1.55 bits per heavy atom. The number of benzene rings is 2. The van der Waals surface area contributed by atoms with Crippen LogP contribution in [0.3, 0.4) is 0 Å². The molecule has 0 radical (unpaired) electrons. The molecule has 0 spiro atoms. The van der Waals surface area contributed by atoms with Crippen LogP contribution in [0.15, 0.2) is 82.5 Å². The molecule has 3 heterocycles. The van der Waals surface area contributed by atoms with Gasteiger partial charge in [0.25, 0.3) is 0 Å². The summed E-state index contributed by atoms with van der Waals surface area (Å²) in [6.45, 7) is 5.35. The molecule has 2 aliphatic heterocycles. The van der Waals surface area contributed by atoms with Crippen LogP contribution in [0, 0.1) is 0 Å². The fraction of sp³-hybridized carbons (Fsp3) is 0.286. The van der Waals surface area contributed by atoms with Gasteiger partial charge in [-0.1, -0.05) is 98.0 Å². The van der Waals surface area contributed by atoms with E-state index in [0.717, 1.165) is 42.3 Å². The number of nitrogens with zero attached hydrogens (tertiary/aromatic N) is 4. The van der Waals surface area contributed by atoms with Crippen LogP contribution in [-0.4, -0.2) is 58.5 Å². The summed E-state index contributed by atoms with van der Waals surface area (Å²) in [6, 6.07) is 15.4. The third kappa shape index (κ3) is 13.7. The van der Waals surface area contributed by atoms with E-state index < -0.39 is 0 Å². The Labute approximate surface area is 252 Å². The van der Waals surface area contributed by atoms with Crippen LogP contribution in [0.5, 0.6) is 0 Å². The fourth-order valence-corrected chi connectivity index (χ4v) is 3.38. The molecule has 9 nitrogen and oxygen atoms in total. The number of ketones is 1. The van der Waals surface area contributed by atoms with Crippen LogP contribution in [-0.2, 0) is 17.6 Å². The summed E-state index contributed by atoms with van der Waals surface area (Å²) < 4.78 is 5.24. The van der Waals surface area contributed by atoms with Crippen molar-refractivity contribution in [3.63, 3.8) is 0 Å². The highest BCUT2D eigenvalue weighted by atomic mass is 79.9. The van der Waals surface area contributed by atoms with Gasteiger partial charge in [-0.15, -0.1) is 0 Å². The lowest BCUT2D eigenvalue weighted by Crippen LogP contribution is -2.18. The molecule has 0 unspecified atom stereocenters. The van der Waals surface area contributed by atoms with E-state index in [0.29, 0.717) is 35.0 Å². The highest BCUT2D eigenvalue weighted by molar-refractivity contribution is 9.09. The number of hydrogen-bond acceptors (Lipinski definition) is 8. The van der Waals surface area contributed by atoms with Gasteiger partial charge in [0.2, 0.25) is 0 Å². The van der Waals surface area contributed by atoms with Crippen molar-refractivity contribution in [2.24, 2.45) is 10.9 Å². The second kappa shape index (κ2) is 19.0. The van der Waals surface area contributed by atoms with E-state index in [2.05, 4.69) is 60.8 Å². The smallest absolute Gasteiger partial charge is 0.324 e. The van der Waals surface area contributed by atoms with Gasteiger partial charge in [-0.05, 0) is 42.3 Å². The predicted molar refractivity (Wildman–Crippen MR) is 165 cm³/mol. The van der Waals surface area contributed by atoms with E-state index in [-0.39, 0.29) is 11.6 Å². The van der Waals surface area contributed by atoms with Gasteiger partial charge in [0, 0.05) is 49.1 Å². The lowest BCUT2D eigenvalue weighted by molar-refractivity contribution is -0.114. The third-order valence-electron chi connectivity index (χ3n) is 5.13. The van der Waals surface area contributed by atoms with E-state index in [9.17, 15) is 4.79 Å². The Hall–Kier alpha value is -3.18. The summed E-state index contributed by atoms with van der Waals surface area (Å²) in [7, 11) is 0. The van der Waals surface area contributed by atoms with Crippen LogP contribution in [0.4, 0.5) is 6.01 Å². The van der Waals surface area contributed by atoms with Crippen LogP contribution < -0.4 is 16.0 Å². The Morgan fingerprint density at radius 3 is 2.00 bits per heavy atom. The number of hydrogen-bond donors (Lipinski definition) is 3. The number of rotatable bonds is 6. The van der Waals surface area contributed by atoms with Crippen LogP contribution >= 0.6 is 39.1 Å². The van der Waals surface area contributed by atoms with Crippen molar-refractivity contribution in [3.05, 3.63) is 99.8 Å². The molecule has 3 aromatic rings. The molecule has 0 aliphatic carbocycles. The Kier molecular flexibility index (Phi) is 15.7. The lowest BCUT2D eigenvalue weighted by atomic mass is 10.1. The average Bonchev–Trinajstić information content (AvgIpc) is 3.76. The van der Waals surface area contributed by atoms with Gasteiger partial charge in [0.15, 0.2) is 5.82 Å². The highest BCUT2D eigenvalue weighted by Gasteiger charge is 2.15. The van der Waals surface area contributed by atoms with E-state index in [1.165, 1.54) is 6.92 Å². The maximum Gasteiger partial charge on any atom is 0.324 e. The predicted octanol–water partition coefficient (Wildman–Crippen LogP) is 5.44. The van der Waals surface area contributed by atoms with Gasteiger partial charge in [0.05, 0.1) is 5.33 Å². The molecule has 4 N–H and O–H groups in total. The topological polar surface area (TPSA) is 130 Å². The number of halogens is 3. The molecule has 2 aliphatic rings. The normalized spacial score (nSPS) is 13.5. The quantitative estimate of drug-likeness (QED) is 0.0803. The first-order valence-electron chi connectivity index (χ1n) is 12.4. The summed E-state index contributed by atoms with van der Waals surface area (Å²) in [5.41, 5.74) is 7.39. The monoisotopic (exact) mass is 650 g/mol. The zero-order chi connectivity index (χ0) is 29.2. The standard InChI is InChI=1S/C13H12ClN3O.C8H9ClN2O.C4H7N.C3H5BrO/c14-11-5-3-10(4-6-11)9-12-15-13(18-16-12)17-7-1-2-8-17;9-7-3-1-6(2-4-7)5-8(10)11-12;1-2-4-5-3-1;1-3(5)2-4/h1-6H,7-9H2;1-4,12H,5H2,(H2,10,11);1-2,5H,3-4H2;2H2,1H3. The van der Waals surface area contributed by atoms with E-state index in [4.69, 9.17) is 38.7 Å². The van der Waals surface area contributed by atoms with Gasteiger partial charge in [-0.3, -0.25) is 4.79 Å². The number of anilines is 1. The van der Waals surface area contributed by atoms with Crippen LogP contribution in [0.2, 0.25) is 10.0 Å². The Morgan fingerprint density at radius 1 is 1.02 bits per heavy atom. The maximum atomic E-state index is 9.77. The molecule has 12 heteroatoms. The van der Waals surface area contributed by atoms with Crippen molar-refractivity contribution in [2.45, 2.75) is 19.8 Å². The molecule has 2 aromatic carbocycles. The summed E-state index contributed by atoms with van der Waals surface area (Å²) in [5.74, 6) is 1.06. The molecular formula is C28H33BrCl2N6O3. The number of Topliss-reactive ketones (excluding diaryl/α,β-unsaturated/α-hetero) is 1. The number of oxime groups is 1. The number of aromatic nitrogens is 2. The number of amidine groups is 1. The first-order chi connectivity index (χ1) is 19.3. The SMILES string of the molecule is C1=CCNC1.CC(=O)CBr.Clc1ccc(Cc2noc(N3CC=CC3)n2)cc1.N/C(Cc1ccc(Cl)cc1)=N\O. The van der Waals surface area contributed by atoms with Crippen molar-refractivity contribution in [2.75, 3.05) is 36.4 Å². The largest absolute Gasteiger partial charge is 0.409 e.